The monoisotopic (exact) mass is 735 g/mol. The summed E-state index contributed by atoms with van der Waals surface area (Å²) >= 11 is 0. The normalized spacial score (nSPS) is 13.3. The van der Waals surface area contributed by atoms with Crippen molar-refractivity contribution in [2.45, 2.75) is 187 Å². The summed E-state index contributed by atoms with van der Waals surface area (Å²) in [5, 5.41) is 9.61. The topological polar surface area (TPSA) is 55.8 Å². The van der Waals surface area contributed by atoms with E-state index >= 15 is 0 Å². The molecule has 0 fully saturated rings. The largest absolute Gasteiger partial charge is 0.457 e. The standard InChI is InChI=1S/C49H82O4/c1-3-5-7-9-11-13-15-17-19-21-23-25-26-28-30-32-34-36-38-40-42-44-49(51)53-48(46-50)47-52-45-43-41-39-37-35-33-31-29-27-24-22-20-18-16-14-12-10-8-6-4-2/h6,8,12,14-15,17-18,20-21,23-24,26-28,31,33,48,50H,3-5,7,9-11,13,16,19,22,25,29-30,32,34-47H2,1-2H3/b8-6-,14-12-,17-15-,20-18-,23-21-,27-24-,28-26-,33-31-. The van der Waals surface area contributed by atoms with Crippen molar-refractivity contribution in [1.82, 2.24) is 0 Å². The van der Waals surface area contributed by atoms with Gasteiger partial charge in [0.2, 0.25) is 0 Å². The van der Waals surface area contributed by atoms with E-state index in [1.54, 1.807) is 0 Å². The zero-order valence-electron chi connectivity index (χ0n) is 34.5. The highest BCUT2D eigenvalue weighted by Gasteiger charge is 2.13. The van der Waals surface area contributed by atoms with Gasteiger partial charge in [0.15, 0.2) is 0 Å². The van der Waals surface area contributed by atoms with Gasteiger partial charge in [-0.05, 0) is 96.3 Å². The quantitative estimate of drug-likeness (QED) is 0.0388. The molecule has 0 amide bonds. The van der Waals surface area contributed by atoms with E-state index in [0.29, 0.717) is 13.0 Å². The minimum Gasteiger partial charge on any atom is -0.457 e. The van der Waals surface area contributed by atoms with Gasteiger partial charge in [0.1, 0.15) is 6.10 Å². The lowest BCUT2D eigenvalue weighted by Crippen LogP contribution is -2.27. The molecule has 0 aromatic rings. The molecule has 1 atom stereocenters. The van der Waals surface area contributed by atoms with Gasteiger partial charge in [-0.3, -0.25) is 4.79 Å². The number of allylic oxidation sites excluding steroid dienone is 16. The van der Waals surface area contributed by atoms with Crippen LogP contribution in [-0.2, 0) is 14.3 Å². The van der Waals surface area contributed by atoms with Crippen molar-refractivity contribution in [3.63, 3.8) is 0 Å². The van der Waals surface area contributed by atoms with E-state index in [-0.39, 0.29) is 19.2 Å². The molecule has 1 N–H and O–H groups in total. The van der Waals surface area contributed by atoms with Gasteiger partial charge in [0, 0.05) is 13.0 Å². The Hall–Kier alpha value is -2.69. The van der Waals surface area contributed by atoms with E-state index in [0.717, 1.165) is 89.9 Å². The molecular formula is C49H82O4. The fourth-order valence-corrected chi connectivity index (χ4v) is 5.65. The van der Waals surface area contributed by atoms with Gasteiger partial charge >= 0.3 is 5.97 Å². The first-order valence-corrected chi connectivity index (χ1v) is 21.8. The van der Waals surface area contributed by atoms with E-state index in [2.05, 4.69) is 111 Å². The first-order chi connectivity index (χ1) is 26.2. The van der Waals surface area contributed by atoms with Crippen LogP contribution in [0.5, 0.6) is 0 Å². The summed E-state index contributed by atoms with van der Waals surface area (Å²) in [5.74, 6) is -0.226. The van der Waals surface area contributed by atoms with Crippen molar-refractivity contribution in [3.05, 3.63) is 97.2 Å². The number of hydrogen-bond donors (Lipinski definition) is 1. The Kier molecular flexibility index (Phi) is 43.2. The van der Waals surface area contributed by atoms with Gasteiger partial charge in [-0.2, -0.15) is 0 Å². The molecule has 0 aromatic heterocycles. The number of unbranched alkanes of at least 4 members (excludes halogenated alkanes) is 15. The molecule has 0 saturated carbocycles. The van der Waals surface area contributed by atoms with Crippen LogP contribution in [0.25, 0.3) is 0 Å². The maximum absolute atomic E-state index is 12.2. The Balaban J connectivity index is 3.56. The zero-order chi connectivity index (χ0) is 38.4. The van der Waals surface area contributed by atoms with Crippen LogP contribution in [0.2, 0.25) is 0 Å². The van der Waals surface area contributed by atoms with Crippen LogP contribution in [0.3, 0.4) is 0 Å². The number of aliphatic hydroxyl groups is 1. The first-order valence-electron chi connectivity index (χ1n) is 21.8. The lowest BCUT2D eigenvalue weighted by molar-refractivity contribution is -0.154. The molecule has 0 spiro atoms. The molecule has 0 aliphatic carbocycles. The van der Waals surface area contributed by atoms with Gasteiger partial charge < -0.3 is 14.6 Å². The van der Waals surface area contributed by atoms with Crippen LogP contribution >= 0.6 is 0 Å². The maximum atomic E-state index is 12.2. The maximum Gasteiger partial charge on any atom is 0.306 e. The number of carbonyl (C=O) groups is 1. The fourth-order valence-electron chi connectivity index (χ4n) is 5.65. The van der Waals surface area contributed by atoms with Crippen LogP contribution in [0, 0.1) is 0 Å². The summed E-state index contributed by atoms with van der Waals surface area (Å²) in [6, 6.07) is 0. The summed E-state index contributed by atoms with van der Waals surface area (Å²) in [6.07, 6.45) is 64.6. The van der Waals surface area contributed by atoms with Crippen molar-refractivity contribution in [2.24, 2.45) is 0 Å². The molecule has 4 heteroatoms. The zero-order valence-corrected chi connectivity index (χ0v) is 34.5. The van der Waals surface area contributed by atoms with Crippen molar-refractivity contribution in [2.75, 3.05) is 19.8 Å². The number of carbonyl (C=O) groups excluding carboxylic acids is 1. The number of ether oxygens (including phenoxy) is 2. The molecule has 0 radical (unpaired) electrons. The average molecular weight is 735 g/mol. The molecule has 1 unspecified atom stereocenters. The Bertz CT molecular complexity index is 996. The summed E-state index contributed by atoms with van der Waals surface area (Å²) in [7, 11) is 0. The Morgan fingerprint density at radius 1 is 0.472 bits per heavy atom. The molecule has 0 aliphatic heterocycles. The summed E-state index contributed by atoms with van der Waals surface area (Å²) in [4.78, 5) is 12.2. The second-order valence-electron chi connectivity index (χ2n) is 14.0. The van der Waals surface area contributed by atoms with Gasteiger partial charge in [0.05, 0.1) is 13.2 Å². The van der Waals surface area contributed by atoms with Crippen molar-refractivity contribution in [1.29, 1.82) is 0 Å². The molecule has 0 aromatic carbocycles. The van der Waals surface area contributed by atoms with E-state index < -0.39 is 6.10 Å². The second kappa shape index (κ2) is 45.5. The van der Waals surface area contributed by atoms with Gasteiger partial charge in [-0.1, -0.05) is 175 Å². The van der Waals surface area contributed by atoms with Crippen molar-refractivity contribution < 1.29 is 19.4 Å². The van der Waals surface area contributed by atoms with Crippen LogP contribution in [0.4, 0.5) is 0 Å². The molecular weight excluding hydrogens is 653 g/mol. The van der Waals surface area contributed by atoms with Gasteiger partial charge in [-0.25, -0.2) is 0 Å². The third kappa shape index (κ3) is 43.6. The van der Waals surface area contributed by atoms with Crippen LogP contribution in [0.1, 0.15) is 181 Å². The first kappa shape index (κ1) is 50.3. The van der Waals surface area contributed by atoms with Gasteiger partial charge in [-0.15, -0.1) is 0 Å². The van der Waals surface area contributed by atoms with Crippen LogP contribution in [0.15, 0.2) is 97.2 Å². The fraction of sp³-hybridized carbons (Fsp3) is 0.653. The summed E-state index contributed by atoms with van der Waals surface area (Å²) in [6.45, 7) is 5.14. The molecule has 4 nitrogen and oxygen atoms in total. The van der Waals surface area contributed by atoms with E-state index in [4.69, 9.17) is 9.47 Å². The second-order valence-corrected chi connectivity index (χ2v) is 14.0. The van der Waals surface area contributed by atoms with Crippen LogP contribution < -0.4 is 0 Å². The molecule has 0 saturated heterocycles. The number of esters is 1. The minimum absolute atomic E-state index is 0.194. The van der Waals surface area contributed by atoms with Crippen LogP contribution in [-0.4, -0.2) is 37.0 Å². The minimum atomic E-state index is -0.562. The molecule has 53 heavy (non-hydrogen) atoms. The summed E-state index contributed by atoms with van der Waals surface area (Å²) in [5.41, 5.74) is 0. The SMILES string of the molecule is CC/C=C\C/C=C\C/C=C\C/C=C\C/C=C\CCCCCCOCC(CO)OC(=O)CCCCCCCC/C=C\C/C=C\C/C=C\CCCCCCC. The van der Waals surface area contributed by atoms with Crippen molar-refractivity contribution in [3.8, 4) is 0 Å². The average Bonchev–Trinajstić information content (AvgIpc) is 3.16. The Morgan fingerprint density at radius 3 is 1.28 bits per heavy atom. The third-order valence-electron chi connectivity index (χ3n) is 8.89. The highest BCUT2D eigenvalue weighted by molar-refractivity contribution is 5.69. The van der Waals surface area contributed by atoms with Gasteiger partial charge in [0.25, 0.3) is 0 Å². The smallest absolute Gasteiger partial charge is 0.306 e. The molecule has 0 rings (SSSR count). The summed E-state index contributed by atoms with van der Waals surface area (Å²) < 4.78 is 11.1. The molecule has 0 bridgehead atoms. The van der Waals surface area contributed by atoms with E-state index in [1.165, 1.54) is 70.6 Å². The Labute approximate surface area is 328 Å². The predicted octanol–water partition coefficient (Wildman–Crippen LogP) is 14.5. The highest BCUT2D eigenvalue weighted by Crippen LogP contribution is 2.11. The number of rotatable bonds is 39. The number of aliphatic hydroxyl groups excluding tert-OH is 1. The number of hydrogen-bond acceptors (Lipinski definition) is 4. The molecule has 0 heterocycles. The highest BCUT2D eigenvalue weighted by atomic mass is 16.6. The third-order valence-corrected chi connectivity index (χ3v) is 8.89. The Morgan fingerprint density at radius 2 is 0.849 bits per heavy atom. The molecule has 302 valence electrons. The van der Waals surface area contributed by atoms with Crippen molar-refractivity contribution >= 4 is 5.97 Å². The van der Waals surface area contributed by atoms with E-state index in [1.807, 2.05) is 0 Å². The lowest BCUT2D eigenvalue weighted by Gasteiger charge is -2.15. The van der Waals surface area contributed by atoms with E-state index in [9.17, 15) is 9.90 Å². The molecule has 0 aliphatic rings. The predicted molar refractivity (Wildman–Crippen MR) is 232 cm³/mol. The lowest BCUT2D eigenvalue weighted by atomic mass is 10.1.